The van der Waals surface area contributed by atoms with Crippen molar-refractivity contribution in [3.8, 4) is 11.1 Å². The van der Waals surface area contributed by atoms with Gasteiger partial charge in [-0.05, 0) is 24.1 Å². The zero-order valence-corrected chi connectivity index (χ0v) is 9.93. The predicted molar refractivity (Wildman–Crippen MR) is 76.4 cm³/mol. The molecule has 2 aromatic carbocycles. The normalized spacial score (nSPS) is 11.5. The molecule has 0 aromatic heterocycles. The fourth-order valence-corrected chi connectivity index (χ4v) is 1.80. The molecule has 1 N–H and O–H groups in total. The summed E-state index contributed by atoms with van der Waals surface area (Å²) in [6.07, 6.45) is 0. The summed E-state index contributed by atoms with van der Waals surface area (Å²) >= 11 is 0. The molecule has 96 valence electrons. The first-order valence-electron chi connectivity index (χ1n) is 5.67. The van der Waals surface area contributed by atoms with Crippen LogP contribution < -0.4 is 0 Å². The monoisotopic (exact) mass is 334 g/mol. The van der Waals surface area contributed by atoms with Gasteiger partial charge < -0.3 is 5.11 Å². The van der Waals surface area contributed by atoms with Crippen LogP contribution >= 0.6 is 0 Å². The quantitative estimate of drug-likeness (QED) is 0.877. The number of hydrogen-bond donors (Lipinski definition) is 1. The summed E-state index contributed by atoms with van der Waals surface area (Å²) in [6.45, 7) is 1.54. The number of halogens is 1. The molecule has 0 aliphatic heterocycles. The topological polar surface area (TPSA) is 37.3 Å². The molecule has 0 amide bonds. The molecule has 2 nitrogen and oxygen atoms in total. The molecule has 2 rings (SSSR count). The second kappa shape index (κ2) is 7.20. The second-order valence-corrected chi connectivity index (χ2v) is 4.17. The van der Waals surface area contributed by atoms with E-state index in [1.54, 1.807) is 19.1 Å². The van der Waals surface area contributed by atoms with E-state index in [4.69, 9.17) is 5.11 Å². The van der Waals surface area contributed by atoms with Gasteiger partial charge >= 0.3 is 51.5 Å². The molecule has 0 aliphatic carbocycles. The van der Waals surface area contributed by atoms with Crippen molar-refractivity contribution in [2.45, 2.75) is 12.8 Å². The van der Waals surface area contributed by atoms with Gasteiger partial charge in [0.05, 0.1) is 5.92 Å². The fraction of sp³-hybridized carbons (Fsp3) is 0.133. The van der Waals surface area contributed by atoms with Crippen LogP contribution in [0.15, 0.2) is 48.5 Å². The summed E-state index contributed by atoms with van der Waals surface area (Å²) in [7, 11) is 0. The molecule has 0 bridgehead atoms. The number of aliphatic carboxylic acids is 1. The van der Waals surface area contributed by atoms with Gasteiger partial charge in [-0.25, -0.2) is 4.39 Å². The van der Waals surface area contributed by atoms with E-state index in [0.29, 0.717) is 11.1 Å². The molecule has 2 aromatic rings. The third-order valence-corrected chi connectivity index (χ3v) is 2.95. The Morgan fingerprint density at radius 3 is 2.32 bits per heavy atom. The number of rotatable bonds is 3. The van der Waals surface area contributed by atoms with E-state index in [1.807, 2.05) is 30.3 Å². The van der Waals surface area contributed by atoms with Crippen LogP contribution in [0.1, 0.15) is 18.4 Å². The van der Waals surface area contributed by atoms with E-state index >= 15 is 0 Å². The molecule has 1 unspecified atom stereocenters. The van der Waals surface area contributed by atoms with Gasteiger partial charge in [0.2, 0.25) is 0 Å². The summed E-state index contributed by atoms with van der Waals surface area (Å²) in [5, 5.41) is 8.89. The molecule has 0 fully saturated rings. The van der Waals surface area contributed by atoms with Crippen molar-refractivity contribution < 1.29 is 14.3 Å². The number of carbonyl (C=O) groups is 1. The minimum absolute atomic E-state index is 0. The maximum atomic E-state index is 14.0. The number of benzene rings is 2. The van der Waals surface area contributed by atoms with Gasteiger partial charge in [0.15, 0.2) is 0 Å². The number of carboxylic acids is 1. The third kappa shape index (κ3) is 3.89. The Labute approximate surface area is 148 Å². The Balaban J connectivity index is 0.00000180. The molecule has 19 heavy (non-hydrogen) atoms. The first kappa shape index (κ1) is 16.4. The van der Waals surface area contributed by atoms with Crippen LogP contribution in [-0.4, -0.2) is 56.6 Å². The van der Waals surface area contributed by atoms with Gasteiger partial charge in [0.1, 0.15) is 5.82 Å². The summed E-state index contributed by atoms with van der Waals surface area (Å²) < 4.78 is 14.0. The van der Waals surface area contributed by atoms with Crippen molar-refractivity contribution >= 4 is 51.5 Å². The molecule has 0 saturated carbocycles. The Hall–Kier alpha value is -0.679. The van der Waals surface area contributed by atoms with E-state index < -0.39 is 17.7 Å². The van der Waals surface area contributed by atoms with Crippen LogP contribution in [0.2, 0.25) is 0 Å². The van der Waals surface area contributed by atoms with Gasteiger partial charge in [-0.3, -0.25) is 4.79 Å². The van der Waals surface area contributed by atoms with Gasteiger partial charge in [-0.1, -0.05) is 42.5 Å². The Bertz CT molecular complexity index is 570. The van der Waals surface area contributed by atoms with Crippen LogP contribution in [0.3, 0.4) is 0 Å². The second-order valence-electron chi connectivity index (χ2n) is 4.17. The maximum absolute atomic E-state index is 14.0. The Morgan fingerprint density at radius 2 is 1.79 bits per heavy atom. The van der Waals surface area contributed by atoms with E-state index in [-0.39, 0.29) is 45.5 Å². The van der Waals surface area contributed by atoms with Crippen LogP contribution in [0.25, 0.3) is 11.1 Å². The number of hydrogen-bond acceptors (Lipinski definition) is 1. The average molecular weight is 334 g/mol. The van der Waals surface area contributed by atoms with Gasteiger partial charge in [-0.15, -0.1) is 0 Å². The molecule has 0 spiro atoms. The predicted octanol–water partition coefficient (Wildman–Crippen LogP) is 2.76. The first-order chi connectivity index (χ1) is 8.59. The van der Waals surface area contributed by atoms with E-state index in [1.165, 1.54) is 6.07 Å². The van der Waals surface area contributed by atoms with Crippen molar-refractivity contribution in [3.05, 3.63) is 59.9 Å². The fourth-order valence-electron chi connectivity index (χ4n) is 1.80. The standard InChI is InChI=1S/C15H13FO2.Sr.2H/c1-10(15(17)18)12-7-8-13(14(16)9-12)11-5-3-2-4-6-11;;;/h2-10H,1H3,(H,17,18);;;. The van der Waals surface area contributed by atoms with Crippen LogP contribution in [0.5, 0.6) is 0 Å². The molecular formula is C15H15FO2Sr. The van der Waals surface area contributed by atoms with Crippen molar-refractivity contribution in [1.82, 2.24) is 0 Å². The third-order valence-electron chi connectivity index (χ3n) is 2.95. The zero-order valence-electron chi connectivity index (χ0n) is 9.93. The average Bonchev–Trinajstić information content (AvgIpc) is 2.38. The van der Waals surface area contributed by atoms with Gasteiger partial charge in [-0.2, -0.15) is 0 Å². The molecule has 0 heterocycles. The first-order valence-corrected chi connectivity index (χ1v) is 5.67. The van der Waals surface area contributed by atoms with Crippen molar-refractivity contribution in [3.63, 3.8) is 0 Å². The van der Waals surface area contributed by atoms with Crippen LogP contribution in [0.4, 0.5) is 4.39 Å². The minimum atomic E-state index is -0.957. The summed E-state index contributed by atoms with van der Waals surface area (Å²) in [5.74, 6) is -2.06. The van der Waals surface area contributed by atoms with Gasteiger partial charge in [0.25, 0.3) is 0 Å². The molecule has 0 radical (unpaired) electrons. The molecule has 4 heteroatoms. The Kier molecular flexibility index (Phi) is 6.20. The summed E-state index contributed by atoms with van der Waals surface area (Å²) in [5.41, 5.74) is 1.74. The summed E-state index contributed by atoms with van der Waals surface area (Å²) in [6, 6.07) is 13.7. The molecule has 0 saturated heterocycles. The van der Waals surface area contributed by atoms with E-state index in [0.717, 1.165) is 5.56 Å². The molecular weight excluding hydrogens is 319 g/mol. The SMILES string of the molecule is CC(C(=O)O)c1ccc(-c2ccccc2)c(F)c1.[SrH2]. The van der Waals surface area contributed by atoms with Crippen LogP contribution in [-0.2, 0) is 4.79 Å². The molecule has 0 aliphatic rings. The van der Waals surface area contributed by atoms with Crippen LogP contribution in [0, 0.1) is 5.82 Å². The van der Waals surface area contributed by atoms with Crippen molar-refractivity contribution in [2.75, 3.05) is 0 Å². The summed E-state index contributed by atoms with van der Waals surface area (Å²) in [4.78, 5) is 10.8. The van der Waals surface area contributed by atoms with E-state index in [2.05, 4.69) is 0 Å². The molecule has 1 atom stereocenters. The van der Waals surface area contributed by atoms with Gasteiger partial charge in [0, 0.05) is 5.56 Å². The zero-order chi connectivity index (χ0) is 13.1. The number of carboxylic acid groups (broad SMARTS) is 1. The van der Waals surface area contributed by atoms with E-state index in [9.17, 15) is 9.18 Å². The van der Waals surface area contributed by atoms with Crippen molar-refractivity contribution in [2.24, 2.45) is 0 Å². The Morgan fingerprint density at radius 1 is 1.16 bits per heavy atom. The van der Waals surface area contributed by atoms with Crippen molar-refractivity contribution in [1.29, 1.82) is 0 Å².